The number of benzene rings is 2. The Bertz CT molecular complexity index is 1080. The number of hydrogen-bond donors (Lipinski definition) is 3. The minimum Gasteiger partial charge on any atom is -0.456 e. The van der Waals surface area contributed by atoms with Crippen LogP contribution in [0.25, 0.3) is 0 Å². The van der Waals surface area contributed by atoms with Crippen molar-refractivity contribution in [1.29, 1.82) is 5.26 Å². The van der Waals surface area contributed by atoms with Gasteiger partial charge in [0.2, 0.25) is 5.78 Å². The van der Waals surface area contributed by atoms with Gasteiger partial charge >= 0.3 is 12.1 Å². The van der Waals surface area contributed by atoms with Crippen LogP contribution in [0.15, 0.2) is 53.9 Å². The van der Waals surface area contributed by atoms with E-state index in [-0.39, 0.29) is 17.9 Å². The van der Waals surface area contributed by atoms with E-state index in [1.54, 1.807) is 30.3 Å². The van der Waals surface area contributed by atoms with E-state index in [1.165, 1.54) is 13.0 Å². The number of alkyl halides is 3. The van der Waals surface area contributed by atoms with Gasteiger partial charge in [-0.1, -0.05) is 12.1 Å². The number of Topliss-reactive ketones (excluding diaryl/α,β-unsaturated/α-hetero) is 1. The monoisotopic (exact) mass is 430 g/mol. The molecule has 1 aliphatic rings. The lowest BCUT2D eigenvalue weighted by Crippen LogP contribution is -2.23. The predicted octanol–water partition coefficient (Wildman–Crippen LogP) is 3.81. The van der Waals surface area contributed by atoms with E-state index in [1.807, 2.05) is 0 Å². The molecule has 0 aromatic heterocycles. The van der Waals surface area contributed by atoms with Crippen LogP contribution in [0.5, 0.6) is 0 Å². The van der Waals surface area contributed by atoms with Gasteiger partial charge < -0.3 is 20.7 Å². The van der Waals surface area contributed by atoms with Crippen LogP contribution in [0, 0.1) is 18.3 Å². The second-order valence-electron chi connectivity index (χ2n) is 6.62. The van der Waals surface area contributed by atoms with Crippen molar-refractivity contribution in [3.63, 3.8) is 0 Å². The number of nitriles is 1. The molecule has 0 unspecified atom stereocenters. The number of hydrogen-bond acceptors (Lipinski definition) is 7. The highest BCUT2D eigenvalue weighted by atomic mass is 19.4. The van der Waals surface area contributed by atoms with Crippen molar-refractivity contribution in [1.82, 2.24) is 0 Å². The average molecular weight is 430 g/mol. The largest absolute Gasteiger partial charge is 0.456 e. The quantitative estimate of drug-likeness (QED) is 0.364. The number of rotatable bonds is 6. The first-order chi connectivity index (χ1) is 14.7. The lowest BCUT2D eigenvalue weighted by Gasteiger charge is -2.12. The van der Waals surface area contributed by atoms with E-state index < -0.39 is 30.1 Å². The Hall–Kier alpha value is -4.00. The molecule has 31 heavy (non-hydrogen) atoms. The van der Waals surface area contributed by atoms with Crippen molar-refractivity contribution < 1.29 is 27.5 Å². The predicted molar refractivity (Wildman–Crippen MR) is 107 cm³/mol. The lowest BCUT2D eigenvalue weighted by molar-refractivity contribution is -0.145. The summed E-state index contributed by atoms with van der Waals surface area (Å²) in [5.41, 5.74) is 1.01. The van der Waals surface area contributed by atoms with Gasteiger partial charge in [-0.05, 0) is 42.8 Å². The molecule has 0 atom stereocenters. The maximum absolute atomic E-state index is 12.7. The van der Waals surface area contributed by atoms with Crippen LogP contribution >= 0.6 is 0 Å². The number of esters is 1. The third kappa shape index (κ3) is 5.14. The molecule has 0 saturated heterocycles. The van der Waals surface area contributed by atoms with Gasteiger partial charge in [-0.25, -0.2) is 0 Å². The zero-order valence-electron chi connectivity index (χ0n) is 16.3. The van der Waals surface area contributed by atoms with E-state index in [0.29, 0.717) is 22.6 Å². The van der Waals surface area contributed by atoms with Gasteiger partial charge in [-0.3, -0.25) is 9.59 Å². The number of anilines is 3. The fourth-order valence-corrected chi connectivity index (χ4v) is 2.86. The van der Waals surface area contributed by atoms with Crippen LogP contribution in [0.1, 0.15) is 11.1 Å². The van der Waals surface area contributed by atoms with Crippen molar-refractivity contribution in [2.45, 2.75) is 13.1 Å². The van der Waals surface area contributed by atoms with Crippen LogP contribution in [0.3, 0.4) is 0 Å². The summed E-state index contributed by atoms with van der Waals surface area (Å²) in [5, 5.41) is 17.8. The van der Waals surface area contributed by atoms with Gasteiger partial charge in [0.15, 0.2) is 6.61 Å². The number of halogens is 3. The number of fused-ring (bicyclic) bond motifs is 1. The molecular weight excluding hydrogens is 413 g/mol. The van der Waals surface area contributed by atoms with E-state index >= 15 is 0 Å². The van der Waals surface area contributed by atoms with Gasteiger partial charge in [0.05, 0.1) is 16.9 Å². The van der Waals surface area contributed by atoms with Gasteiger partial charge in [-0.2, -0.15) is 18.4 Å². The average Bonchev–Trinajstić information content (AvgIpc) is 3.14. The van der Waals surface area contributed by atoms with Crippen LogP contribution in [0.4, 0.5) is 30.2 Å². The zero-order chi connectivity index (χ0) is 22.6. The number of nitrogens with zero attached hydrogens (tertiary/aromatic N) is 1. The Morgan fingerprint density at radius 3 is 2.32 bits per heavy atom. The molecule has 3 N–H and O–H groups in total. The van der Waals surface area contributed by atoms with E-state index in [9.17, 15) is 28.0 Å². The second-order valence-corrected chi connectivity index (χ2v) is 6.62. The fraction of sp³-hybridized carbons (Fsp3) is 0.190. The molecule has 10 heteroatoms. The number of carbonyl (C=O) groups is 2. The smallest absolute Gasteiger partial charge is 0.416 e. The molecule has 1 heterocycles. The Balaban J connectivity index is 1.54. The summed E-state index contributed by atoms with van der Waals surface area (Å²) in [5.74, 6) is -1.31. The van der Waals surface area contributed by atoms with Crippen LogP contribution < -0.4 is 16.0 Å². The molecule has 1 aliphatic heterocycles. The third-order valence-corrected chi connectivity index (χ3v) is 4.43. The molecule has 2 aromatic rings. The summed E-state index contributed by atoms with van der Waals surface area (Å²) in [4.78, 5) is 24.2. The molecule has 0 fully saturated rings. The van der Waals surface area contributed by atoms with Crippen molar-refractivity contribution in [3.8, 4) is 6.07 Å². The minimum atomic E-state index is -4.46. The standard InChI is InChI=1S/C21H17F3N4O3/c1-12-8-13(21(22,23)24)6-7-15(12)26-10-19(30)31-11-18(29)14(9-25)20-27-16-4-2-3-5-17(16)28-20/h2-8,26-28H,10-11H2,1H3. The second kappa shape index (κ2) is 8.79. The summed E-state index contributed by atoms with van der Waals surface area (Å²) in [6, 6.07) is 12.0. The molecule has 2 aromatic carbocycles. The number of ketones is 1. The maximum Gasteiger partial charge on any atom is 0.416 e. The normalized spacial score (nSPS) is 12.2. The summed E-state index contributed by atoms with van der Waals surface area (Å²) in [6.07, 6.45) is -4.46. The van der Waals surface area contributed by atoms with Gasteiger partial charge in [-0.15, -0.1) is 0 Å². The summed E-state index contributed by atoms with van der Waals surface area (Å²) >= 11 is 0. The minimum absolute atomic E-state index is 0.197. The van der Waals surface area contributed by atoms with E-state index in [4.69, 9.17) is 4.74 Å². The highest BCUT2D eigenvalue weighted by Gasteiger charge is 2.30. The number of aryl methyl sites for hydroxylation is 1. The van der Waals surface area contributed by atoms with E-state index in [2.05, 4.69) is 16.0 Å². The van der Waals surface area contributed by atoms with Gasteiger partial charge in [0, 0.05) is 5.69 Å². The Labute approximate surface area is 175 Å². The lowest BCUT2D eigenvalue weighted by atomic mass is 10.1. The molecule has 3 rings (SSSR count). The number of para-hydroxylation sites is 2. The molecule has 7 nitrogen and oxygen atoms in total. The summed E-state index contributed by atoms with van der Waals surface area (Å²) < 4.78 is 43.0. The maximum atomic E-state index is 12.7. The highest BCUT2D eigenvalue weighted by Crippen LogP contribution is 2.32. The Kier molecular flexibility index (Phi) is 6.15. The Morgan fingerprint density at radius 2 is 1.77 bits per heavy atom. The molecular formula is C21H17F3N4O3. The van der Waals surface area contributed by atoms with Gasteiger partial charge in [0.1, 0.15) is 24.0 Å². The topological polar surface area (TPSA) is 103 Å². The van der Waals surface area contributed by atoms with Crippen LogP contribution in [-0.2, 0) is 20.5 Å². The van der Waals surface area contributed by atoms with Crippen molar-refractivity contribution in [2.75, 3.05) is 29.1 Å². The highest BCUT2D eigenvalue weighted by molar-refractivity contribution is 6.03. The Morgan fingerprint density at radius 1 is 1.13 bits per heavy atom. The summed E-state index contributed by atoms with van der Waals surface area (Å²) in [7, 11) is 0. The van der Waals surface area contributed by atoms with Crippen LogP contribution in [-0.4, -0.2) is 24.9 Å². The molecule has 0 bridgehead atoms. The molecule has 0 saturated carbocycles. The van der Waals surface area contributed by atoms with Crippen molar-refractivity contribution >= 4 is 28.8 Å². The van der Waals surface area contributed by atoms with E-state index in [0.717, 1.165) is 12.1 Å². The number of ether oxygens (including phenoxy) is 1. The molecule has 0 radical (unpaired) electrons. The van der Waals surface area contributed by atoms with Crippen LogP contribution in [0.2, 0.25) is 0 Å². The fourth-order valence-electron chi connectivity index (χ4n) is 2.86. The third-order valence-electron chi connectivity index (χ3n) is 4.43. The molecule has 160 valence electrons. The SMILES string of the molecule is Cc1cc(C(F)(F)F)ccc1NCC(=O)OCC(=O)C(C#N)=C1Nc2ccccc2N1. The van der Waals surface area contributed by atoms with Crippen molar-refractivity contribution in [2.24, 2.45) is 0 Å². The first-order valence-electron chi connectivity index (χ1n) is 9.07. The number of nitrogens with one attached hydrogen (secondary N) is 3. The molecule has 0 amide bonds. The first-order valence-corrected chi connectivity index (χ1v) is 9.07. The van der Waals surface area contributed by atoms with Gasteiger partial charge in [0.25, 0.3) is 0 Å². The van der Waals surface area contributed by atoms with Crippen molar-refractivity contribution in [3.05, 3.63) is 65.0 Å². The number of carbonyl (C=O) groups excluding carboxylic acids is 2. The first kappa shape index (κ1) is 21.7. The molecule has 0 spiro atoms. The summed E-state index contributed by atoms with van der Waals surface area (Å²) in [6.45, 7) is 0.454. The molecule has 0 aliphatic carbocycles. The zero-order valence-corrected chi connectivity index (χ0v) is 16.3.